The molecule has 0 fully saturated rings. The first kappa shape index (κ1) is 18.6. The lowest BCUT2D eigenvalue weighted by Gasteiger charge is -2.17. The van der Waals surface area contributed by atoms with Gasteiger partial charge in [0.1, 0.15) is 11.5 Å². The van der Waals surface area contributed by atoms with Crippen LogP contribution in [0.5, 0.6) is 11.5 Å². The Labute approximate surface area is 151 Å². The van der Waals surface area contributed by atoms with Crippen LogP contribution in [0.3, 0.4) is 0 Å². The summed E-state index contributed by atoms with van der Waals surface area (Å²) in [6.45, 7) is 3.03. The minimum absolute atomic E-state index is 0.208. The molecule has 25 heavy (non-hydrogen) atoms. The standard InChI is InChI=1S/C18H19ClN2O4/c1-11(25-15-6-4-5-13(19)9-15)18(23)21-16-10-14(20-12(2)22)7-8-17(16)24-3/h4-11H,1-3H3,(H,20,22)(H,21,23). The van der Waals surface area contributed by atoms with Crippen molar-refractivity contribution in [3.63, 3.8) is 0 Å². The van der Waals surface area contributed by atoms with Crippen LogP contribution in [0.4, 0.5) is 11.4 Å². The molecule has 0 heterocycles. The van der Waals surface area contributed by atoms with Gasteiger partial charge in [0.15, 0.2) is 6.10 Å². The van der Waals surface area contributed by atoms with E-state index in [0.717, 1.165) is 0 Å². The van der Waals surface area contributed by atoms with E-state index in [1.54, 1.807) is 49.4 Å². The predicted molar refractivity (Wildman–Crippen MR) is 97.5 cm³/mol. The molecule has 0 aliphatic heterocycles. The summed E-state index contributed by atoms with van der Waals surface area (Å²) in [5.74, 6) is 0.393. The topological polar surface area (TPSA) is 76.7 Å². The highest BCUT2D eigenvalue weighted by Crippen LogP contribution is 2.28. The Kier molecular flexibility index (Phi) is 6.25. The Morgan fingerprint density at radius 3 is 2.52 bits per heavy atom. The largest absolute Gasteiger partial charge is 0.495 e. The normalized spacial score (nSPS) is 11.4. The maximum absolute atomic E-state index is 12.4. The minimum Gasteiger partial charge on any atom is -0.495 e. The Morgan fingerprint density at radius 2 is 1.88 bits per heavy atom. The van der Waals surface area contributed by atoms with Gasteiger partial charge in [-0.3, -0.25) is 9.59 Å². The second-order valence-electron chi connectivity index (χ2n) is 5.30. The predicted octanol–water partition coefficient (Wildman–Crippen LogP) is 3.71. The molecule has 2 amide bonds. The summed E-state index contributed by atoms with van der Waals surface area (Å²) >= 11 is 5.90. The number of nitrogens with one attached hydrogen (secondary N) is 2. The fourth-order valence-corrected chi connectivity index (χ4v) is 2.30. The highest BCUT2D eigenvalue weighted by molar-refractivity contribution is 6.30. The lowest BCUT2D eigenvalue weighted by Crippen LogP contribution is -2.30. The van der Waals surface area contributed by atoms with Crippen molar-refractivity contribution >= 4 is 34.8 Å². The van der Waals surface area contributed by atoms with Crippen LogP contribution >= 0.6 is 11.6 Å². The molecule has 0 radical (unpaired) electrons. The molecule has 7 heteroatoms. The molecule has 0 spiro atoms. The smallest absolute Gasteiger partial charge is 0.265 e. The van der Waals surface area contributed by atoms with Crippen LogP contribution in [0.1, 0.15) is 13.8 Å². The van der Waals surface area contributed by atoms with Crippen molar-refractivity contribution in [3.8, 4) is 11.5 Å². The number of rotatable bonds is 6. The van der Waals surface area contributed by atoms with E-state index in [2.05, 4.69) is 10.6 Å². The number of carbonyl (C=O) groups is 2. The van der Waals surface area contributed by atoms with Crippen molar-refractivity contribution in [1.29, 1.82) is 0 Å². The number of hydrogen-bond acceptors (Lipinski definition) is 4. The van der Waals surface area contributed by atoms with Crippen molar-refractivity contribution < 1.29 is 19.1 Å². The third-order valence-corrected chi connectivity index (χ3v) is 3.49. The molecule has 2 rings (SSSR count). The van der Waals surface area contributed by atoms with E-state index >= 15 is 0 Å². The Bertz CT molecular complexity index is 779. The lowest BCUT2D eigenvalue weighted by atomic mass is 10.2. The molecule has 0 aliphatic rings. The van der Waals surface area contributed by atoms with Gasteiger partial charge >= 0.3 is 0 Å². The van der Waals surface area contributed by atoms with Gasteiger partial charge in [-0.1, -0.05) is 17.7 Å². The Balaban J connectivity index is 2.11. The van der Waals surface area contributed by atoms with Crippen LogP contribution in [-0.4, -0.2) is 25.0 Å². The van der Waals surface area contributed by atoms with Crippen molar-refractivity contribution in [2.24, 2.45) is 0 Å². The fourth-order valence-electron chi connectivity index (χ4n) is 2.12. The molecule has 0 aromatic heterocycles. The number of amides is 2. The lowest BCUT2D eigenvalue weighted by molar-refractivity contribution is -0.122. The van der Waals surface area contributed by atoms with E-state index in [-0.39, 0.29) is 11.8 Å². The summed E-state index contributed by atoms with van der Waals surface area (Å²) in [6, 6.07) is 11.8. The molecule has 1 atom stereocenters. The number of ether oxygens (including phenoxy) is 2. The maximum Gasteiger partial charge on any atom is 0.265 e. The van der Waals surface area contributed by atoms with Gasteiger partial charge in [0.2, 0.25) is 5.91 Å². The quantitative estimate of drug-likeness (QED) is 0.821. The fraction of sp³-hybridized carbons (Fsp3) is 0.222. The zero-order valence-corrected chi connectivity index (χ0v) is 14.9. The number of halogens is 1. The third kappa shape index (κ3) is 5.39. The number of benzene rings is 2. The molecule has 0 saturated carbocycles. The summed E-state index contributed by atoms with van der Waals surface area (Å²) in [5, 5.41) is 5.91. The van der Waals surface area contributed by atoms with Gasteiger partial charge in [-0.25, -0.2) is 0 Å². The average Bonchev–Trinajstić information content (AvgIpc) is 2.54. The van der Waals surface area contributed by atoms with E-state index in [4.69, 9.17) is 21.1 Å². The van der Waals surface area contributed by atoms with E-state index in [9.17, 15) is 9.59 Å². The first-order valence-electron chi connectivity index (χ1n) is 7.57. The van der Waals surface area contributed by atoms with Gasteiger partial charge in [0.05, 0.1) is 12.8 Å². The third-order valence-electron chi connectivity index (χ3n) is 3.26. The van der Waals surface area contributed by atoms with Crippen LogP contribution < -0.4 is 20.1 Å². The van der Waals surface area contributed by atoms with Crippen LogP contribution in [0.2, 0.25) is 5.02 Å². The van der Waals surface area contributed by atoms with Crippen molar-refractivity contribution in [3.05, 3.63) is 47.5 Å². The molecular weight excluding hydrogens is 344 g/mol. The second kappa shape index (κ2) is 8.39. The number of carbonyl (C=O) groups excluding carboxylic acids is 2. The summed E-state index contributed by atoms with van der Waals surface area (Å²) < 4.78 is 10.8. The van der Waals surface area contributed by atoms with E-state index < -0.39 is 6.10 Å². The van der Waals surface area contributed by atoms with E-state index in [1.165, 1.54) is 14.0 Å². The molecule has 2 N–H and O–H groups in total. The summed E-state index contributed by atoms with van der Waals surface area (Å²) in [5.41, 5.74) is 0.979. The van der Waals surface area contributed by atoms with Crippen molar-refractivity contribution in [2.75, 3.05) is 17.7 Å². The van der Waals surface area contributed by atoms with E-state index in [0.29, 0.717) is 27.9 Å². The zero-order valence-electron chi connectivity index (χ0n) is 14.1. The van der Waals surface area contributed by atoms with Crippen molar-refractivity contribution in [2.45, 2.75) is 20.0 Å². The molecular formula is C18H19ClN2O4. The number of anilines is 2. The Morgan fingerprint density at radius 1 is 1.12 bits per heavy atom. The van der Waals surface area contributed by atoms with Gasteiger partial charge in [-0.2, -0.15) is 0 Å². The van der Waals surface area contributed by atoms with Crippen molar-refractivity contribution in [1.82, 2.24) is 0 Å². The molecule has 6 nitrogen and oxygen atoms in total. The van der Waals surface area contributed by atoms with Gasteiger partial charge in [-0.15, -0.1) is 0 Å². The molecule has 2 aromatic rings. The molecule has 1 unspecified atom stereocenters. The van der Waals surface area contributed by atoms with Crippen LogP contribution in [0.15, 0.2) is 42.5 Å². The first-order chi connectivity index (χ1) is 11.9. The highest BCUT2D eigenvalue weighted by Gasteiger charge is 2.17. The van der Waals surface area contributed by atoms with Gasteiger partial charge in [-0.05, 0) is 43.3 Å². The first-order valence-corrected chi connectivity index (χ1v) is 7.95. The van der Waals surface area contributed by atoms with Gasteiger partial charge < -0.3 is 20.1 Å². The molecule has 2 aromatic carbocycles. The number of hydrogen-bond donors (Lipinski definition) is 2. The molecule has 132 valence electrons. The zero-order chi connectivity index (χ0) is 18.4. The van der Waals surface area contributed by atoms with Crippen LogP contribution in [-0.2, 0) is 9.59 Å². The number of methoxy groups -OCH3 is 1. The summed E-state index contributed by atoms with van der Waals surface area (Å²) in [7, 11) is 1.50. The van der Waals surface area contributed by atoms with Gasteiger partial charge in [0, 0.05) is 17.6 Å². The molecule has 0 saturated heterocycles. The van der Waals surface area contributed by atoms with Crippen LogP contribution in [0, 0.1) is 0 Å². The molecule has 0 aliphatic carbocycles. The van der Waals surface area contributed by atoms with E-state index in [1.807, 2.05) is 0 Å². The second-order valence-corrected chi connectivity index (χ2v) is 5.74. The summed E-state index contributed by atoms with van der Waals surface area (Å²) in [6.07, 6.45) is -0.757. The average molecular weight is 363 g/mol. The Hall–Kier alpha value is -2.73. The SMILES string of the molecule is COc1ccc(NC(C)=O)cc1NC(=O)C(C)Oc1cccc(Cl)c1. The molecule has 0 bridgehead atoms. The highest BCUT2D eigenvalue weighted by atomic mass is 35.5. The summed E-state index contributed by atoms with van der Waals surface area (Å²) in [4.78, 5) is 23.6. The van der Waals surface area contributed by atoms with Gasteiger partial charge in [0.25, 0.3) is 5.91 Å². The monoisotopic (exact) mass is 362 g/mol. The van der Waals surface area contributed by atoms with Crippen LogP contribution in [0.25, 0.3) is 0 Å². The minimum atomic E-state index is -0.757. The maximum atomic E-state index is 12.4.